The summed E-state index contributed by atoms with van der Waals surface area (Å²) in [6.45, 7) is 4.33. The van der Waals surface area contributed by atoms with E-state index in [0.29, 0.717) is 13.0 Å². The third-order valence-corrected chi connectivity index (χ3v) is 5.35. The molecule has 3 heterocycles. The van der Waals surface area contributed by atoms with Crippen LogP contribution in [-0.4, -0.2) is 46.8 Å². The van der Waals surface area contributed by atoms with Gasteiger partial charge in [0.25, 0.3) is 0 Å². The molecule has 0 bridgehead atoms. The monoisotopic (exact) mass is 292 g/mol. The first-order valence-electron chi connectivity index (χ1n) is 7.23. The predicted octanol–water partition coefficient (Wildman–Crippen LogP) is 1.90. The van der Waals surface area contributed by atoms with Gasteiger partial charge in [0.05, 0.1) is 6.42 Å². The van der Waals surface area contributed by atoms with Crippen LogP contribution in [0.5, 0.6) is 0 Å². The summed E-state index contributed by atoms with van der Waals surface area (Å²) in [5.74, 6) is 0.217. The van der Waals surface area contributed by atoms with Crippen LogP contribution in [0.15, 0.2) is 17.5 Å². The summed E-state index contributed by atoms with van der Waals surface area (Å²) in [6, 6.07) is 3.93. The lowest BCUT2D eigenvalue weighted by Crippen LogP contribution is -2.67. The summed E-state index contributed by atoms with van der Waals surface area (Å²) in [6.07, 6.45) is 3.38. The lowest BCUT2D eigenvalue weighted by molar-refractivity contribution is -0.162. The van der Waals surface area contributed by atoms with E-state index in [1.54, 1.807) is 16.2 Å². The van der Waals surface area contributed by atoms with E-state index in [2.05, 4.69) is 0 Å². The molecule has 0 radical (unpaired) electrons. The second kappa shape index (κ2) is 5.20. The number of thiophene rings is 1. The Labute approximate surface area is 123 Å². The molecule has 2 aliphatic heterocycles. The first-order valence-corrected chi connectivity index (χ1v) is 8.11. The van der Waals surface area contributed by atoms with Crippen LogP contribution in [0.1, 0.15) is 31.1 Å². The van der Waals surface area contributed by atoms with Crippen molar-refractivity contribution in [2.45, 2.75) is 38.1 Å². The minimum atomic E-state index is -0.599. The van der Waals surface area contributed by atoms with Crippen LogP contribution < -0.4 is 0 Å². The Bertz CT molecular complexity index is 508. The van der Waals surface area contributed by atoms with E-state index in [1.807, 2.05) is 29.3 Å². The average molecular weight is 292 g/mol. The molecular formula is C15H20N2O2S. The molecule has 108 valence electrons. The van der Waals surface area contributed by atoms with Crippen molar-refractivity contribution in [3.8, 4) is 0 Å². The normalized spacial score (nSPS) is 25.6. The summed E-state index contributed by atoms with van der Waals surface area (Å²) >= 11 is 1.59. The van der Waals surface area contributed by atoms with Crippen LogP contribution in [0.4, 0.5) is 0 Å². The Morgan fingerprint density at radius 1 is 1.30 bits per heavy atom. The van der Waals surface area contributed by atoms with Gasteiger partial charge in [-0.15, -0.1) is 11.3 Å². The summed E-state index contributed by atoms with van der Waals surface area (Å²) in [7, 11) is 0. The van der Waals surface area contributed by atoms with Gasteiger partial charge in [-0.3, -0.25) is 9.59 Å². The van der Waals surface area contributed by atoms with Crippen molar-refractivity contribution in [2.75, 3.05) is 19.6 Å². The van der Waals surface area contributed by atoms with Gasteiger partial charge in [0.2, 0.25) is 11.8 Å². The maximum atomic E-state index is 12.6. The zero-order valence-electron chi connectivity index (χ0n) is 11.8. The van der Waals surface area contributed by atoms with Gasteiger partial charge in [-0.2, -0.15) is 0 Å². The molecule has 1 aromatic rings. The third-order valence-electron chi connectivity index (χ3n) is 4.48. The molecule has 0 saturated carbocycles. The Morgan fingerprint density at radius 3 is 2.60 bits per heavy atom. The maximum Gasteiger partial charge on any atom is 0.248 e. The van der Waals surface area contributed by atoms with E-state index in [4.69, 9.17) is 0 Å². The van der Waals surface area contributed by atoms with Crippen LogP contribution in [0, 0.1) is 0 Å². The van der Waals surface area contributed by atoms with Gasteiger partial charge in [-0.05, 0) is 37.6 Å². The first kappa shape index (κ1) is 13.6. The van der Waals surface area contributed by atoms with E-state index in [-0.39, 0.29) is 11.8 Å². The largest absolute Gasteiger partial charge is 0.341 e. The fraction of sp³-hybridized carbons (Fsp3) is 0.600. The van der Waals surface area contributed by atoms with Gasteiger partial charge < -0.3 is 9.80 Å². The lowest BCUT2D eigenvalue weighted by Gasteiger charge is -2.50. The topological polar surface area (TPSA) is 40.6 Å². The van der Waals surface area contributed by atoms with Gasteiger partial charge in [0.1, 0.15) is 5.54 Å². The first-order chi connectivity index (χ1) is 9.61. The quantitative estimate of drug-likeness (QED) is 0.854. The van der Waals surface area contributed by atoms with E-state index < -0.39 is 5.54 Å². The molecule has 2 aliphatic rings. The number of likely N-dealkylation sites (tertiary alicyclic amines) is 2. The molecule has 1 unspecified atom stereocenters. The van der Waals surface area contributed by atoms with E-state index in [0.717, 1.165) is 37.2 Å². The zero-order valence-corrected chi connectivity index (χ0v) is 12.6. The number of hydrogen-bond acceptors (Lipinski definition) is 3. The fourth-order valence-corrected chi connectivity index (χ4v) is 3.80. The Kier molecular flexibility index (Phi) is 3.54. The second-order valence-electron chi connectivity index (χ2n) is 5.82. The molecule has 3 rings (SSSR count). The van der Waals surface area contributed by atoms with E-state index >= 15 is 0 Å². The number of carbonyl (C=O) groups excluding carboxylic acids is 2. The zero-order chi connectivity index (χ0) is 14.2. The highest BCUT2D eigenvalue weighted by Gasteiger charge is 2.51. The highest BCUT2D eigenvalue weighted by molar-refractivity contribution is 7.10. The number of rotatable bonds is 3. The molecule has 0 aliphatic carbocycles. The smallest absolute Gasteiger partial charge is 0.248 e. The maximum absolute atomic E-state index is 12.6. The van der Waals surface area contributed by atoms with Gasteiger partial charge in [-0.1, -0.05) is 6.07 Å². The van der Waals surface area contributed by atoms with E-state index in [9.17, 15) is 9.59 Å². The van der Waals surface area contributed by atoms with Crippen molar-refractivity contribution in [3.63, 3.8) is 0 Å². The van der Waals surface area contributed by atoms with E-state index in [1.165, 1.54) is 0 Å². The highest BCUT2D eigenvalue weighted by Crippen LogP contribution is 2.34. The van der Waals surface area contributed by atoms with Crippen LogP contribution in [0.2, 0.25) is 0 Å². The number of nitrogens with zero attached hydrogens (tertiary/aromatic N) is 2. The van der Waals surface area contributed by atoms with Crippen molar-refractivity contribution < 1.29 is 9.59 Å². The van der Waals surface area contributed by atoms with Crippen molar-refractivity contribution in [2.24, 2.45) is 0 Å². The predicted molar refractivity (Wildman–Crippen MR) is 78.6 cm³/mol. The van der Waals surface area contributed by atoms with Crippen LogP contribution in [0.3, 0.4) is 0 Å². The Balaban J connectivity index is 1.67. The van der Waals surface area contributed by atoms with Gasteiger partial charge in [0, 0.05) is 24.5 Å². The van der Waals surface area contributed by atoms with Crippen molar-refractivity contribution in [1.82, 2.24) is 9.80 Å². The summed E-state index contributed by atoms with van der Waals surface area (Å²) in [5.41, 5.74) is -0.599. The average Bonchev–Trinajstić information content (AvgIpc) is 3.07. The number of amides is 2. The van der Waals surface area contributed by atoms with Gasteiger partial charge in [-0.25, -0.2) is 0 Å². The molecule has 1 atom stereocenters. The third kappa shape index (κ3) is 2.24. The second-order valence-corrected chi connectivity index (χ2v) is 6.86. The summed E-state index contributed by atoms with van der Waals surface area (Å²) in [4.78, 5) is 29.8. The molecule has 2 fully saturated rings. The minimum absolute atomic E-state index is 0.0775. The van der Waals surface area contributed by atoms with Crippen molar-refractivity contribution in [1.29, 1.82) is 0 Å². The summed E-state index contributed by atoms with van der Waals surface area (Å²) in [5, 5.41) is 1.98. The standard InChI is InChI=1S/C15H20N2O2S/c1-15(14(19)16-7-2-3-8-16)6-9-17(15)13(18)11-12-5-4-10-20-12/h4-5,10H,2-3,6-9,11H2,1H3. The lowest BCUT2D eigenvalue weighted by atomic mass is 9.84. The Morgan fingerprint density at radius 2 is 2.05 bits per heavy atom. The van der Waals surface area contributed by atoms with Crippen molar-refractivity contribution >= 4 is 23.2 Å². The minimum Gasteiger partial charge on any atom is -0.341 e. The number of hydrogen-bond donors (Lipinski definition) is 0. The number of carbonyl (C=O) groups is 2. The molecule has 20 heavy (non-hydrogen) atoms. The molecule has 0 N–H and O–H groups in total. The van der Waals surface area contributed by atoms with Crippen LogP contribution in [-0.2, 0) is 16.0 Å². The van der Waals surface area contributed by atoms with Crippen molar-refractivity contribution in [3.05, 3.63) is 22.4 Å². The van der Waals surface area contributed by atoms with Gasteiger partial charge in [0.15, 0.2) is 0 Å². The molecule has 0 aromatic carbocycles. The molecule has 5 heteroatoms. The van der Waals surface area contributed by atoms with Crippen LogP contribution >= 0.6 is 11.3 Å². The molecule has 4 nitrogen and oxygen atoms in total. The molecular weight excluding hydrogens is 272 g/mol. The highest BCUT2D eigenvalue weighted by atomic mass is 32.1. The fourth-order valence-electron chi connectivity index (χ4n) is 3.10. The molecule has 2 amide bonds. The SMILES string of the molecule is CC1(C(=O)N2CCCC2)CCN1C(=O)Cc1cccs1. The molecule has 0 spiro atoms. The molecule has 2 saturated heterocycles. The van der Waals surface area contributed by atoms with Crippen LogP contribution in [0.25, 0.3) is 0 Å². The Hall–Kier alpha value is -1.36. The summed E-state index contributed by atoms with van der Waals surface area (Å²) < 4.78 is 0. The molecule has 1 aromatic heterocycles. The van der Waals surface area contributed by atoms with Gasteiger partial charge >= 0.3 is 0 Å².